The number of nitrogens with one attached hydrogen (secondary N) is 2. The van der Waals surface area contributed by atoms with E-state index in [1.54, 1.807) is 0 Å². The van der Waals surface area contributed by atoms with Crippen LogP contribution in [0.1, 0.15) is 65.2 Å². The standard InChI is InChI=1S/C16H30N4/c1-15(9-11-17)19-13-7-5-3-4-6-8-14-20-16(2)10-12-18/h15-16,19-20H,3-10,13-14H2,1-2H3/t15-,16-/m1/s1. The summed E-state index contributed by atoms with van der Waals surface area (Å²) in [5.41, 5.74) is 0. The van der Waals surface area contributed by atoms with Gasteiger partial charge in [0.05, 0.1) is 25.0 Å². The van der Waals surface area contributed by atoms with Crippen LogP contribution in [-0.4, -0.2) is 25.2 Å². The zero-order valence-electron chi connectivity index (χ0n) is 13.1. The summed E-state index contributed by atoms with van der Waals surface area (Å²) in [4.78, 5) is 0. The molecule has 2 N–H and O–H groups in total. The largest absolute Gasteiger partial charge is 0.313 e. The maximum atomic E-state index is 8.53. The number of nitriles is 2. The van der Waals surface area contributed by atoms with Crippen molar-refractivity contribution in [2.24, 2.45) is 0 Å². The highest BCUT2D eigenvalue weighted by molar-refractivity contribution is 4.77. The van der Waals surface area contributed by atoms with Gasteiger partial charge in [0.2, 0.25) is 0 Å². The molecule has 0 aromatic carbocycles. The lowest BCUT2D eigenvalue weighted by atomic mass is 10.1. The van der Waals surface area contributed by atoms with Gasteiger partial charge in [-0.25, -0.2) is 0 Å². The summed E-state index contributed by atoms with van der Waals surface area (Å²) in [6, 6.07) is 5.00. The van der Waals surface area contributed by atoms with Crippen LogP contribution >= 0.6 is 0 Å². The third-order valence-electron chi connectivity index (χ3n) is 3.38. The molecular formula is C16H30N4. The number of unbranched alkanes of at least 4 members (excludes halogenated alkanes) is 5. The highest BCUT2D eigenvalue weighted by atomic mass is 14.9. The Morgan fingerprint density at radius 3 is 1.40 bits per heavy atom. The number of hydrogen-bond donors (Lipinski definition) is 2. The van der Waals surface area contributed by atoms with Crippen LogP contribution < -0.4 is 10.6 Å². The Morgan fingerprint density at radius 2 is 1.05 bits per heavy atom. The monoisotopic (exact) mass is 278 g/mol. The molecule has 4 nitrogen and oxygen atoms in total. The molecule has 0 aromatic heterocycles. The maximum Gasteiger partial charge on any atom is 0.0638 e. The summed E-state index contributed by atoms with van der Waals surface area (Å²) < 4.78 is 0. The van der Waals surface area contributed by atoms with Gasteiger partial charge in [-0.2, -0.15) is 10.5 Å². The molecule has 0 heterocycles. The molecule has 0 aliphatic rings. The molecule has 0 aromatic rings. The Hall–Kier alpha value is -1.10. The van der Waals surface area contributed by atoms with Crippen molar-refractivity contribution < 1.29 is 0 Å². The van der Waals surface area contributed by atoms with Crippen molar-refractivity contribution in [1.82, 2.24) is 10.6 Å². The molecule has 0 fully saturated rings. The van der Waals surface area contributed by atoms with Gasteiger partial charge < -0.3 is 10.6 Å². The van der Waals surface area contributed by atoms with Gasteiger partial charge in [0, 0.05) is 12.1 Å². The van der Waals surface area contributed by atoms with E-state index >= 15 is 0 Å². The van der Waals surface area contributed by atoms with Gasteiger partial charge in [-0.15, -0.1) is 0 Å². The first kappa shape index (κ1) is 18.9. The Morgan fingerprint density at radius 1 is 0.700 bits per heavy atom. The highest BCUT2D eigenvalue weighted by Crippen LogP contribution is 2.05. The van der Waals surface area contributed by atoms with E-state index in [1.165, 1.54) is 38.5 Å². The Balaban J connectivity index is 3.14. The van der Waals surface area contributed by atoms with Gasteiger partial charge in [0.1, 0.15) is 0 Å². The second-order valence-corrected chi connectivity index (χ2v) is 5.56. The van der Waals surface area contributed by atoms with Crippen LogP contribution in [0.3, 0.4) is 0 Å². The summed E-state index contributed by atoms with van der Waals surface area (Å²) in [6.45, 7) is 6.17. The predicted molar refractivity (Wildman–Crippen MR) is 83.1 cm³/mol. The van der Waals surface area contributed by atoms with E-state index in [9.17, 15) is 0 Å². The van der Waals surface area contributed by atoms with Crippen molar-refractivity contribution in [3.63, 3.8) is 0 Å². The van der Waals surface area contributed by atoms with E-state index in [4.69, 9.17) is 10.5 Å². The minimum atomic E-state index is 0.321. The van der Waals surface area contributed by atoms with Crippen molar-refractivity contribution in [2.45, 2.75) is 77.3 Å². The van der Waals surface area contributed by atoms with Crippen LogP contribution in [0.2, 0.25) is 0 Å². The molecule has 2 atom stereocenters. The molecule has 20 heavy (non-hydrogen) atoms. The highest BCUT2D eigenvalue weighted by Gasteiger charge is 2.00. The fraction of sp³-hybridized carbons (Fsp3) is 0.875. The first-order valence-electron chi connectivity index (χ1n) is 7.91. The van der Waals surface area contributed by atoms with Gasteiger partial charge >= 0.3 is 0 Å². The Kier molecular flexibility index (Phi) is 13.5. The molecule has 0 spiro atoms. The minimum absolute atomic E-state index is 0.321. The summed E-state index contributed by atoms with van der Waals surface area (Å²) in [6.07, 6.45) is 8.72. The summed E-state index contributed by atoms with van der Waals surface area (Å²) >= 11 is 0. The van der Waals surface area contributed by atoms with E-state index in [2.05, 4.69) is 36.6 Å². The summed E-state index contributed by atoms with van der Waals surface area (Å²) in [7, 11) is 0. The SMILES string of the molecule is C[C@H](CC#N)NCCCCCCCCN[C@H](C)CC#N. The zero-order valence-corrected chi connectivity index (χ0v) is 13.1. The van der Waals surface area contributed by atoms with Crippen molar-refractivity contribution in [2.75, 3.05) is 13.1 Å². The molecule has 0 saturated carbocycles. The third kappa shape index (κ3) is 13.3. The maximum absolute atomic E-state index is 8.53. The molecule has 0 bridgehead atoms. The van der Waals surface area contributed by atoms with Gasteiger partial charge in [-0.05, 0) is 39.8 Å². The molecule has 0 amide bonds. The molecule has 0 unspecified atom stereocenters. The predicted octanol–water partition coefficient (Wildman–Crippen LogP) is 3.11. The lowest BCUT2D eigenvalue weighted by molar-refractivity contribution is 0.501. The molecule has 0 saturated heterocycles. The minimum Gasteiger partial charge on any atom is -0.313 e. The summed E-state index contributed by atoms with van der Waals surface area (Å²) in [5, 5.41) is 23.8. The number of rotatable bonds is 13. The smallest absolute Gasteiger partial charge is 0.0638 e. The molecule has 114 valence electrons. The zero-order chi connectivity index (χ0) is 15.1. The first-order chi connectivity index (χ1) is 9.70. The lowest BCUT2D eigenvalue weighted by Gasteiger charge is -2.10. The normalized spacial score (nSPS) is 13.4. The average molecular weight is 278 g/mol. The molecular weight excluding hydrogens is 248 g/mol. The molecule has 0 aliphatic carbocycles. The fourth-order valence-electron chi connectivity index (χ4n) is 2.07. The quantitative estimate of drug-likeness (QED) is 0.508. The van der Waals surface area contributed by atoms with Gasteiger partial charge in [0.25, 0.3) is 0 Å². The van der Waals surface area contributed by atoms with Crippen LogP contribution in [0.4, 0.5) is 0 Å². The van der Waals surface area contributed by atoms with E-state index in [0.29, 0.717) is 24.9 Å². The topological polar surface area (TPSA) is 71.6 Å². The van der Waals surface area contributed by atoms with E-state index < -0.39 is 0 Å². The molecule has 0 rings (SSSR count). The van der Waals surface area contributed by atoms with Crippen molar-refractivity contribution in [1.29, 1.82) is 10.5 Å². The Labute approximate surface area is 124 Å². The number of nitrogens with zero attached hydrogens (tertiary/aromatic N) is 2. The van der Waals surface area contributed by atoms with Gasteiger partial charge in [-0.3, -0.25) is 0 Å². The molecule has 4 heteroatoms. The van der Waals surface area contributed by atoms with Crippen LogP contribution in [0, 0.1) is 22.7 Å². The van der Waals surface area contributed by atoms with Crippen LogP contribution in [0.5, 0.6) is 0 Å². The Bertz CT molecular complexity index is 260. The second kappa shape index (κ2) is 14.3. The average Bonchev–Trinajstić information content (AvgIpc) is 2.41. The van der Waals surface area contributed by atoms with E-state index in [1.807, 2.05) is 0 Å². The summed E-state index contributed by atoms with van der Waals surface area (Å²) in [5.74, 6) is 0. The second-order valence-electron chi connectivity index (χ2n) is 5.56. The lowest BCUT2D eigenvalue weighted by Crippen LogP contribution is -2.26. The van der Waals surface area contributed by atoms with Crippen molar-refractivity contribution in [3.05, 3.63) is 0 Å². The van der Waals surface area contributed by atoms with Crippen LogP contribution in [0.15, 0.2) is 0 Å². The van der Waals surface area contributed by atoms with Gasteiger partial charge in [0.15, 0.2) is 0 Å². The van der Waals surface area contributed by atoms with E-state index in [-0.39, 0.29) is 0 Å². The number of hydrogen-bond acceptors (Lipinski definition) is 4. The fourth-order valence-corrected chi connectivity index (χ4v) is 2.07. The van der Waals surface area contributed by atoms with Crippen LogP contribution in [-0.2, 0) is 0 Å². The first-order valence-corrected chi connectivity index (χ1v) is 7.91. The third-order valence-corrected chi connectivity index (χ3v) is 3.38. The van der Waals surface area contributed by atoms with Crippen LogP contribution in [0.25, 0.3) is 0 Å². The van der Waals surface area contributed by atoms with E-state index in [0.717, 1.165) is 13.1 Å². The molecule has 0 radical (unpaired) electrons. The van der Waals surface area contributed by atoms with Gasteiger partial charge in [-0.1, -0.05) is 25.7 Å². The van der Waals surface area contributed by atoms with Crippen molar-refractivity contribution >= 4 is 0 Å². The molecule has 0 aliphatic heterocycles. The van der Waals surface area contributed by atoms with Crippen molar-refractivity contribution in [3.8, 4) is 12.1 Å².